The van der Waals surface area contributed by atoms with Crippen LogP contribution in [0.15, 0.2) is 53.4 Å². The van der Waals surface area contributed by atoms with Crippen molar-refractivity contribution in [3.8, 4) is 0 Å². The van der Waals surface area contributed by atoms with Crippen molar-refractivity contribution in [3.63, 3.8) is 0 Å². The molecule has 0 radical (unpaired) electrons. The second-order valence-electron chi connectivity index (χ2n) is 8.16. The minimum atomic E-state index is -0.490. The van der Waals surface area contributed by atoms with Crippen LogP contribution >= 0.6 is 11.8 Å². The van der Waals surface area contributed by atoms with Gasteiger partial charge in [0, 0.05) is 41.7 Å². The Bertz CT molecular complexity index is 906. The van der Waals surface area contributed by atoms with Gasteiger partial charge in [-0.2, -0.15) is 0 Å². The topological polar surface area (TPSA) is 67.9 Å². The fourth-order valence-corrected chi connectivity index (χ4v) is 5.14. The number of benzene rings is 2. The highest BCUT2D eigenvalue weighted by Crippen LogP contribution is 2.27. The molecule has 2 aromatic carbocycles. The molecule has 0 spiro atoms. The molecule has 4 rings (SSSR count). The highest BCUT2D eigenvalue weighted by atomic mass is 32.2. The number of nitrogens with zero attached hydrogens (tertiary/aromatic N) is 1. The quantitative estimate of drug-likeness (QED) is 0.459. The van der Waals surface area contributed by atoms with Crippen LogP contribution in [0.2, 0.25) is 0 Å². The SMILES string of the molecule is O=C(COC(=O)c1ccccc1SCC1CCCO1)Nc1ccc(N2CCCCC2)cc1. The van der Waals surface area contributed by atoms with E-state index in [4.69, 9.17) is 9.47 Å². The van der Waals surface area contributed by atoms with Crippen molar-refractivity contribution in [3.05, 3.63) is 54.1 Å². The molecule has 7 heteroatoms. The van der Waals surface area contributed by atoms with E-state index in [1.165, 1.54) is 24.9 Å². The molecule has 6 nitrogen and oxygen atoms in total. The van der Waals surface area contributed by atoms with Crippen LogP contribution in [0.1, 0.15) is 42.5 Å². The lowest BCUT2D eigenvalue weighted by molar-refractivity contribution is -0.119. The minimum absolute atomic E-state index is 0.233. The Morgan fingerprint density at radius 1 is 1.03 bits per heavy atom. The number of hydrogen-bond acceptors (Lipinski definition) is 6. The Hall–Kier alpha value is -2.51. The molecule has 2 aliphatic heterocycles. The number of ether oxygens (including phenoxy) is 2. The van der Waals surface area contributed by atoms with Gasteiger partial charge in [-0.25, -0.2) is 4.79 Å². The molecular formula is C25H30N2O4S. The summed E-state index contributed by atoms with van der Waals surface area (Å²) in [5.41, 5.74) is 2.35. The fraction of sp³-hybridized carbons (Fsp3) is 0.440. The van der Waals surface area contributed by atoms with Gasteiger partial charge in [-0.1, -0.05) is 12.1 Å². The van der Waals surface area contributed by atoms with Gasteiger partial charge < -0.3 is 19.7 Å². The number of esters is 1. The number of carbonyl (C=O) groups excluding carboxylic acids is 2. The average Bonchev–Trinajstić information content (AvgIpc) is 3.36. The van der Waals surface area contributed by atoms with E-state index in [1.807, 2.05) is 36.4 Å². The van der Waals surface area contributed by atoms with Crippen LogP contribution in [0.3, 0.4) is 0 Å². The molecule has 2 heterocycles. The van der Waals surface area contributed by atoms with E-state index in [9.17, 15) is 9.59 Å². The Morgan fingerprint density at radius 3 is 2.56 bits per heavy atom. The summed E-state index contributed by atoms with van der Waals surface area (Å²) < 4.78 is 10.9. The second-order valence-corrected chi connectivity index (χ2v) is 9.22. The molecule has 32 heavy (non-hydrogen) atoms. The van der Waals surface area contributed by atoms with E-state index in [0.717, 1.165) is 43.2 Å². The fourth-order valence-electron chi connectivity index (χ4n) is 4.03. The van der Waals surface area contributed by atoms with E-state index < -0.39 is 5.97 Å². The zero-order valence-electron chi connectivity index (χ0n) is 18.3. The number of nitrogens with one attached hydrogen (secondary N) is 1. The number of thioether (sulfide) groups is 1. The van der Waals surface area contributed by atoms with Gasteiger partial charge in [0.05, 0.1) is 11.7 Å². The van der Waals surface area contributed by atoms with Crippen LogP contribution < -0.4 is 10.2 Å². The monoisotopic (exact) mass is 454 g/mol. The molecule has 0 saturated carbocycles. The van der Waals surface area contributed by atoms with Crippen LogP contribution in [-0.4, -0.2) is 50.0 Å². The summed E-state index contributed by atoms with van der Waals surface area (Å²) in [7, 11) is 0. The lowest BCUT2D eigenvalue weighted by atomic mass is 10.1. The van der Waals surface area contributed by atoms with Crippen LogP contribution in [-0.2, 0) is 14.3 Å². The predicted octanol–water partition coefficient (Wildman–Crippen LogP) is 4.74. The zero-order valence-corrected chi connectivity index (χ0v) is 19.1. The maximum Gasteiger partial charge on any atom is 0.339 e. The van der Waals surface area contributed by atoms with Crippen LogP contribution in [0.5, 0.6) is 0 Å². The molecule has 2 fully saturated rings. The third-order valence-corrected chi connectivity index (χ3v) is 6.97. The molecule has 0 aromatic heterocycles. The van der Waals surface area contributed by atoms with Crippen molar-refractivity contribution in [2.75, 3.05) is 42.3 Å². The van der Waals surface area contributed by atoms with Crippen molar-refractivity contribution < 1.29 is 19.1 Å². The Labute approximate surface area is 193 Å². The van der Waals surface area contributed by atoms with E-state index in [-0.39, 0.29) is 18.6 Å². The van der Waals surface area contributed by atoms with Gasteiger partial charge in [0.15, 0.2) is 6.61 Å². The van der Waals surface area contributed by atoms with Gasteiger partial charge in [-0.15, -0.1) is 11.8 Å². The summed E-state index contributed by atoms with van der Waals surface area (Å²) in [5, 5.41) is 2.80. The summed E-state index contributed by atoms with van der Waals surface area (Å²) in [4.78, 5) is 28.1. The van der Waals surface area contributed by atoms with E-state index in [0.29, 0.717) is 11.3 Å². The van der Waals surface area contributed by atoms with Crippen molar-refractivity contribution in [1.29, 1.82) is 0 Å². The molecule has 0 aliphatic carbocycles. The largest absolute Gasteiger partial charge is 0.452 e. The Morgan fingerprint density at radius 2 is 1.81 bits per heavy atom. The maximum atomic E-state index is 12.6. The van der Waals surface area contributed by atoms with Crippen LogP contribution in [0.25, 0.3) is 0 Å². The smallest absolute Gasteiger partial charge is 0.339 e. The third-order valence-electron chi connectivity index (χ3n) is 5.76. The predicted molar refractivity (Wildman–Crippen MR) is 128 cm³/mol. The van der Waals surface area contributed by atoms with Gasteiger partial charge in [0.2, 0.25) is 0 Å². The van der Waals surface area contributed by atoms with Gasteiger partial charge in [-0.05, 0) is 68.5 Å². The van der Waals surface area contributed by atoms with Gasteiger partial charge in [0.25, 0.3) is 5.91 Å². The normalized spacial score (nSPS) is 18.4. The molecule has 1 unspecified atom stereocenters. The van der Waals surface area contributed by atoms with Gasteiger partial charge in [-0.3, -0.25) is 4.79 Å². The number of hydrogen-bond donors (Lipinski definition) is 1. The first kappa shape index (κ1) is 22.7. The molecule has 2 saturated heterocycles. The van der Waals surface area contributed by atoms with Gasteiger partial charge in [0.1, 0.15) is 0 Å². The standard InChI is InChI=1S/C25H30N2O4S/c28-24(26-19-10-12-20(13-11-19)27-14-4-1-5-15-27)17-31-25(29)22-8-2-3-9-23(22)32-18-21-7-6-16-30-21/h2-3,8-13,21H,1,4-7,14-18H2,(H,26,28). The number of anilines is 2. The summed E-state index contributed by atoms with van der Waals surface area (Å²) in [6.45, 7) is 2.65. The zero-order chi connectivity index (χ0) is 22.2. The number of rotatable bonds is 8. The summed E-state index contributed by atoms with van der Waals surface area (Å²) >= 11 is 1.59. The molecule has 1 atom stereocenters. The highest BCUT2D eigenvalue weighted by molar-refractivity contribution is 7.99. The summed E-state index contributed by atoms with van der Waals surface area (Å²) in [5.74, 6) is -0.0392. The van der Waals surface area contributed by atoms with E-state index >= 15 is 0 Å². The van der Waals surface area contributed by atoms with Crippen molar-refractivity contribution in [1.82, 2.24) is 0 Å². The third kappa shape index (κ3) is 6.26. The molecule has 0 bridgehead atoms. The molecular weight excluding hydrogens is 424 g/mol. The lowest BCUT2D eigenvalue weighted by Gasteiger charge is -2.28. The van der Waals surface area contributed by atoms with Crippen LogP contribution in [0, 0.1) is 0 Å². The van der Waals surface area contributed by atoms with Crippen molar-refractivity contribution >= 4 is 35.0 Å². The number of amides is 1. The van der Waals surface area contributed by atoms with E-state index in [2.05, 4.69) is 10.2 Å². The maximum absolute atomic E-state index is 12.6. The molecule has 2 aliphatic rings. The van der Waals surface area contributed by atoms with Crippen molar-refractivity contribution in [2.45, 2.75) is 43.1 Å². The van der Waals surface area contributed by atoms with Crippen molar-refractivity contribution in [2.24, 2.45) is 0 Å². The summed E-state index contributed by atoms with van der Waals surface area (Å²) in [6, 6.07) is 15.2. The molecule has 1 N–H and O–H groups in total. The molecule has 170 valence electrons. The first-order chi connectivity index (χ1) is 15.7. The Kier molecular flexibility index (Phi) is 8.07. The minimum Gasteiger partial charge on any atom is -0.452 e. The second kappa shape index (κ2) is 11.4. The highest BCUT2D eigenvalue weighted by Gasteiger charge is 2.19. The van der Waals surface area contributed by atoms with E-state index in [1.54, 1.807) is 23.9 Å². The average molecular weight is 455 g/mol. The Balaban J connectivity index is 1.26. The molecule has 1 amide bonds. The van der Waals surface area contributed by atoms with Crippen LogP contribution in [0.4, 0.5) is 11.4 Å². The number of carbonyl (C=O) groups is 2. The first-order valence-corrected chi connectivity index (χ1v) is 12.3. The number of piperidine rings is 1. The van der Waals surface area contributed by atoms with Gasteiger partial charge >= 0.3 is 5.97 Å². The first-order valence-electron chi connectivity index (χ1n) is 11.3. The molecule has 2 aromatic rings. The summed E-state index contributed by atoms with van der Waals surface area (Å²) in [6.07, 6.45) is 6.11. The lowest BCUT2D eigenvalue weighted by Crippen LogP contribution is -2.29.